The zero-order chi connectivity index (χ0) is 20.9. The zero-order valence-electron chi connectivity index (χ0n) is 13.6. The van der Waals surface area contributed by atoms with Gasteiger partial charge in [0, 0.05) is 30.4 Å². The maximum Gasteiger partial charge on any atom is 0 e. The van der Waals surface area contributed by atoms with Crippen LogP contribution in [0.2, 0.25) is 0 Å². The smallest absolute Gasteiger partial charge is 0 e. The fraction of sp³-hybridized carbons (Fsp3) is 0.188. The van der Waals surface area contributed by atoms with Crippen LogP contribution in [0.25, 0.3) is 0 Å². The number of hydrogen-bond donors (Lipinski definition) is 0. The Bertz CT molecular complexity index is 608. The van der Waals surface area contributed by atoms with E-state index in [0.29, 0.717) is 0 Å². The minimum Gasteiger partial charge on any atom is 0 e. The molecule has 0 aromatic heterocycles. The van der Waals surface area contributed by atoms with Crippen molar-refractivity contribution < 1.29 is 53.6 Å². The van der Waals surface area contributed by atoms with E-state index in [1.54, 1.807) is 25.1 Å². The van der Waals surface area contributed by atoms with Gasteiger partial charge in [0.1, 0.15) is 6.10 Å². The maximum atomic E-state index is 11.8. The maximum absolute atomic E-state index is 11.8. The Morgan fingerprint density at radius 2 is 1.38 bits per heavy atom. The van der Waals surface area contributed by atoms with Gasteiger partial charge >= 0.3 is 51.2 Å². The number of ether oxygens (including phenoxy) is 1. The molecule has 0 aliphatic heterocycles. The third-order valence-electron chi connectivity index (χ3n) is 1.95. The molecule has 1 unspecified atom stereocenters. The number of sulfone groups is 1. The Morgan fingerprint density at radius 3 is 1.73 bits per heavy atom. The van der Waals surface area contributed by atoms with Crippen molar-refractivity contribution in [2.45, 2.75) is 24.8 Å². The van der Waals surface area contributed by atoms with Crippen LogP contribution in [-0.2, 0) is 55.0 Å². The van der Waals surface area contributed by atoms with Crippen LogP contribution in [0.1, 0.15) is 13.8 Å². The minimum absolute atomic E-state index is 0. The summed E-state index contributed by atoms with van der Waals surface area (Å²) in [7, 11) is -3.46. The van der Waals surface area contributed by atoms with Gasteiger partial charge in [-0.1, -0.05) is 18.2 Å². The summed E-state index contributed by atoms with van der Waals surface area (Å²) in [5.41, 5.74) is 0. The Kier molecular flexibility index (Phi) is 34.4. The van der Waals surface area contributed by atoms with Crippen molar-refractivity contribution in [3.05, 3.63) is 69.1 Å². The number of esters is 1. The molecule has 0 heterocycles. The quantitative estimate of drug-likeness (QED) is 0.308. The zero-order valence-corrected chi connectivity index (χ0v) is 15.6. The van der Waals surface area contributed by atoms with Gasteiger partial charge in [0.25, 0.3) is 0 Å². The molecule has 8 nitrogen and oxygen atoms in total. The van der Waals surface area contributed by atoms with E-state index in [9.17, 15) is 13.2 Å². The second-order valence-corrected chi connectivity index (χ2v) is 5.33. The molecule has 0 bridgehead atoms. The van der Waals surface area contributed by atoms with Crippen molar-refractivity contribution in [3.8, 4) is 0 Å². The van der Waals surface area contributed by atoms with Crippen molar-refractivity contribution in [2.75, 3.05) is 0 Å². The van der Waals surface area contributed by atoms with Gasteiger partial charge in [0.05, 0.1) is 10.6 Å². The second kappa shape index (κ2) is 25.4. The molecule has 1 rings (SSSR count). The summed E-state index contributed by atoms with van der Waals surface area (Å²) < 4.78 is 58.4. The van der Waals surface area contributed by atoms with Crippen LogP contribution in [0.3, 0.4) is 0 Å². The molecule has 0 aliphatic carbocycles. The molecule has 10 heteroatoms. The van der Waals surface area contributed by atoms with Crippen LogP contribution in [0.15, 0.2) is 35.2 Å². The number of benzene rings is 1. The molecule has 26 heavy (non-hydrogen) atoms. The first-order chi connectivity index (χ1) is 11.9. The van der Waals surface area contributed by atoms with Gasteiger partial charge in [-0.15, -0.1) is 0 Å². The summed E-state index contributed by atoms with van der Waals surface area (Å²) in [6.45, 7) is 20.9. The summed E-state index contributed by atoms with van der Waals surface area (Å²) in [6.07, 6.45) is 0.773. The van der Waals surface area contributed by atoms with Crippen LogP contribution in [-0.4, -0.2) is 20.5 Å². The van der Waals surface area contributed by atoms with Crippen LogP contribution >= 0.6 is 0 Å². The standard InChI is InChI=1S/C12H14O4S.4CO.Fe/c1-10(16-11(2)13)8-9-17(14,15)12-6-4-3-5-7-12;4*1-2;/h3-10H,1-2H3;;;;;. The molecule has 0 saturated heterocycles. The molecule has 140 valence electrons. The number of rotatable bonds is 5. The summed E-state index contributed by atoms with van der Waals surface area (Å²) in [5.74, 6) is 0.606. The Hall–Kier alpha value is -1.88. The van der Waals surface area contributed by atoms with Crippen LogP contribution in [0.5, 0.6) is 0 Å². The second-order valence-electron chi connectivity index (χ2n) is 3.50. The molecule has 0 aliphatic rings. The first-order valence-corrected chi connectivity index (χ1v) is 7.43. The van der Waals surface area contributed by atoms with Gasteiger partial charge in [-0.3, -0.25) is 4.79 Å². The van der Waals surface area contributed by atoms with Gasteiger partial charge in [0.15, 0.2) is 9.84 Å². The van der Waals surface area contributed by atoms with E-state index in [4.69, 9.17) is 23.3 Å². The Morgan fingerprint density at radius 1 is 1.00 bits per heavy atom. The van der Waals surface area contributed by atoms with Gasteiger partial charge in [-0.2, -0.15) is 0 Å². The third-order valence-corrected chi connectivity index (χ3v) is 3.40. The molecule has 1 aromatic carbocycles. The summed E-state index contributed by atoms with van der Waals surface area (Å²) in [4.78, 5) is 10.9. The average Bonchev–Trinajstić information content (AvgIpc) is 2.67. The third kappa shape index (κ3) is 20.2. The van der Waals surface area contributed by atoms with E-state index >= 15 is 0 Å². The minimum atomic E-state index is -3.46. The van der Waals surface area contributed by atoms with E-state index in [-0.39, 0.29) is 22.0 Å². The van der Waals surface area contributed by atoms with Crippen molar-refractivity contribution in [1.82, 2.24) is 0 Å². The predicted molar refractivity (Wildman–Crippen MR) is 79.2 cm³/mol. The van der Waals surface area contributed by atoms with Gasteiger partial charge in [-0.05, 0) is 19.1 Å². The van der Waals surface area contributed by atoms with E-state index in [2.05, 4.69) is 26.6 Å². The molecule has 0 spiro atoms. The molecule has 0 saturated carbocycles. The SMILES string of the molecule is CC(=O)OC(C)[CH][CH]S(=O)(=O)c1ccccc1.[C-]#[O+].[C-]#[O+].[C-]#[O+].[C-]#[O+].[Fe]. The molecule has 0 N–H and O–H groups in total. The fourth-order valence-electron chi connectivity index (χ4n) is 1.20. The normalized spacial score (nSPS) is 8.85. The van der Waals surface area contributed by atoms with Crippen molar-refractivity contribution in [1.29, 1.82) is 0 Å². The Balaban J connectivity index is -0.000000144. The average molecular weight is 422 g/mol. The number of hydrogen-bond acceptors (Lipinski definition) is 4. The molecular formula is C16H14FeO8S. The number of carbonyl (C=O) groups is 1. The van der Waals surface area contributed by atoms with Crippen LogP contribution in [0.4, 0.5) is 0 Å². The van der Waals surface area contributed by atoms with Crippen LogP contribution < -0.4 is 0 Å². The summed E-state index contributed by atoms with van der Waals surface area (Å²) in [6, 6.07) is 8.06. The summed E-state index contributed by atoms with van der Waals surface area (Å²) in [5, 5.41) is 0. The topological polar surface area (TPSA) is 140 Å². The molecule has 2 radical (unpaired) electrons. The fourth-order valence-corrected chi connectivity index (χ4v) is 2.33. The predicted octanol–water partition coefficient (Wildman–Crippen LogP) is 1.63. The first kappa shape index (κ1) is 35.3. The van der Waals surface area contributed by atoms with E-state index in [1.807, 2.05) is 0 Å². The van der Waals surface area contributed by atoms with Crippen molar-refractivity contribution >= 4 is 15.8 Å². The first-order valence-electron chi connectivity index (χ1n) is 5.89. The molecule has 1 atom stereocenters. The van der Waals surface area contributed by atoms with E-state index in [1.165, 1.54) is 25.5 Å². The largest absolute Gasteiger partial charge is 0 e. The van der Waals surface area contributed by atoms with Crippen LogP contribution in [0, 0.1) is 38.8 Å². The number of carbonyl (C=O) groups excluding carboxylic acids is 1. The summed E-state index contributed by atoms with van der Waals surface area (Å²) >= 11 is 0. The monoisotopic (exact) mass is 422 g/mol. The van der Waals surface area contributed by atoms with Gasteiger partial charge in [0.2, 0.25) is 0 Å². The van der Waals surface area contributed by atoms with Gasteiger partial charge in [-0.25, -0.2) is 8.42 Å². The van der Waals surface area contributed by atoms with E-state index < -0.39 is 21.9 Å². The Labute approximate surface area is 163 Å². The van der Waals surface area contributed by atoms with Crippen molar-refractivity contribution in [2.24, 2.45) is 0 Å². The molecule has 0 amide bonds. The van der Waals surface area contributed by atoms with E-state index in [0.717, 1.165) is 5.75 Å². The molecule has 0 fully saturated rings. The van der Waals surface area contributed by atoms with Crippen molar-refractivity contribution in [3.63, 3.8) is 0 Å². The van der Waals surface area contributed by atoms with Gasteiger partial charge < -0.3 is 4.74 Å². The molecular weight excluding hydrogens is 408 g/mol. The molecule has 1 aromatic rings.